The minimum Gasteiger partial charge on any atom is -0.441 e. The van der Waals surface area contributed by atoms with Crippen LogP contribution in [0.2, 0.25) is 0 Å². The maximum atomic E-state index is 6.41. The third-order valence-corrected chi connectivity index (χ3v) is 4.59. The fourth-order valence-corrected chi connectivity index (χ4v) is 2.82. The molecule has 0 radical (unpaired) electrons. The first-order chi connectivity index (χ1) is 13.1. The normalized spacial score (nSPS) is 18.1. The van der Waals surface area contributed by atoms with Gasteiger partial charge in [-0.1, -0.05) is 60.7 Å². The van der Waals surface area contributed by atoms with E-state index in [-0.39, 0.29) is 11.1 Å². The Bertz CT molecular complexity index is 684. The number of hydrogen-bond donors (Lipinski definition) is 0. The van der Waals surface area contributed by atoms with Crippen LogP contribution >= 0.6 is 0 Å². The minimum absolute atomic E-state index is 0.233. The summed E-state index contributed by atoms with van der Waals surface area (Å²) < 4.78 is 19.2. The molecule has 0 N–H and O–H groups in total. The lowest BCUT2D eigenvalue weighted by Crippen LogP contribution is -2.63. The van der Waals surface area contributed by atoms with E-state index in [1.54, 1.807) is 0 Å². The van der Waals surface area contributed by atoms with E-state index in [1.165, 1.54) is 0 Å². The highest BCUT2D eigenvalue weighted by atomic mass is 16.8. The molecule has 1 aliphatic rings. The standard InChI is InChI=1S/C21H30B2N2O3/c1-20(2,3)24-17-25(21(4,5)6)28-23(19-15-11-8-12-16-19)26-22(27-24)18-13-9-7-10-14-18/h7-16H,17H2,1-6H3. The molecular formula is C21H30B2N2O3. The lowest BCUT2D eigenvalue weighted by atomic mass is 9.71. The monoisotopic (exact) mass is 380 g/mol. The van der Waals surface area contributed by atoms with Gasteiger partial charge in [0, 0.05) is 11.1 Å². The summed E-state index contributed by atoms with van der Waals surface area (Å²) in [6, 6.07) is 20.0. The van der Waals surface area contributed by atoms with Crippen molar-refractivity contribution in [3.8, 4) is 0 Å². The largest absolute Gasteiger partial charge is 0.498 e. The summed E-state index contributed by atoms with van der Waals surface area (Å²) in [5, 5.41) is 3.86. The van der Waals surface area contributed by atoms with Gasteiger partial charge in [-0.05, 0) is 52.5 Å². The van der Waals surface area contributed by atoms with Crippen LogP contribution < -0.4 is 10.9 Å². The van der Waals surface area contributed by atoms with Crippen LogP contribution in [0, 0.1) is 0 Å². The van der Waals surface area contributed by atoms with E-state index in [4.69, 9.17) is 14.1 Å². The number of hydroxylamine groups is 4. The Morgan fingerprint density at radius 1 is 0.643 bits per heavy atom. The number of rotatable bonds is 2. The molecular weight excluding hydrogens is 350 g/mol. The highest BCUT2D eigenvalue weighted by molar-refractivity contribution is 6.74. The molecule has 2 aromatic rings. The van der Waals surface area contributed by atoms with Gasteiger partial charge in [-0.2, -0.15) is 10.1 Å². The molecule has 0 bridgehead atoms. The van der Waals surface area contributed by atoms with Gasteiger partial charge < -0.3 is 14.1 Å². The molecule has 1 saturated heterocycles. The number of hydrogen-bond acceptors (Lipinski definition) is 5. The van der Waals surface area contributed by atoms with E-state index < -0.39 is 14.2 Å². The SMILES string of the molecule is CC(C)(C)N1CN(C(C)(C)C)OB(c2ccccc2)OB(c2ccccc2)O1. The predicted molar refractivity (Wildman–Crippen MR) is 115 cm³/mol. The summed E-state index contributed by atoms with van der Waals surface area (Å²) >= 11 is 0. The van der Waals surface area contributed by atoms with Gasteiger partial charge in [-0.3, -0.25) is 0 Å². The maximum Gasteiger partial charge on any atom is 0.498 e. The molecule has 0 unspecified atom stereocenters. The van der Waals surface area contributed by atoms with Crippen LogP contribution in [0.1, 0.15) is 41.5 Å². The third kappa shape index (κ3) is 5.25. The van der Waals surface area contributed by atoms with E-state index >= 15 is 0 Å². The number of benzene rings is 2. The van der Waals surface area contributed by atoms with Crippen LogP contribution in [0.3, 0.4) is 0 Å². The van der Waals surface area contributed by atoms with Gasteiger partial charge in [-0.25, -0.2) is 0 Å². The van der Waals surface area contributed by atoms with Gasteiger partial charge in [0.05, 0.1) is 6.67 Å². The lowest BCUT2D eigenvalue weighted by Gasteiger charge is -2.46. The molecule has 2 aromatic carbocycles. The van der Waals surface area contributed by atoms with Gasteiger partial charge in [0.2, 0.25) is 0 Å². The first-order valence-electron chi connectivity index (χ1n) is 9.79. The van der Waals surface area contributed by atoms with Gasteiger partial charge in [0.25, 0.3) is 0 Å². The lowest BCUT2D eigenvalue weighted by molar-refractivity contribution is -0.255. The fraction of sp³-hybridized carbons (Fsp3) is 0.429. The van der Waals surface area contributed by atoms with Crippen molar-refractivity contribution in [3.05, 3.63) is 60.7 Å². The van der Waals surface area contributed by atoms with Crippen molar-refractivity contribution in [1.29, 1.82) is 0 Å². The molecule has 0 atom stereocenters. The Kier molecular flexibility index (Phi) is 6.32. The molecule has 0 saturated carbocycles. The zero-order valence-corrected chi connectivity index (χ0v) is 17.8. The predicted octanol–water partition coefficient (Wildman–Crippen LogP) is 2.83. The van der Waals surface area contributed by atoms with Crippen LogP contribution in [0.5, 0.6) is 0 Å². The maximum absolute atomic E-state index is 6.41. The van der Waals surface area contributed by atoms with E-state index in [1.807, 2.05) is 70.8 Å². The molecule has 0 aliphatic carbocycles. The van der Waals surface area contributed by atoms with Gasteiger partial charge in [0.1, 0.15) is 0 Å². The minimum atomic E-state index is -0.576. The van der Waals surface area contributed by atoms with Crippen LogP contribution in [0.25, 0.3) is 0 Å². The third-order valence-electron chi connectivity index (χ3n) is 4.59. The molecule has 1 fully saturated rings. The zero-order valence-electron chi connectivity index (χ0n) is 17.8. The molecule has 5 nitrogen and oxygen atoms in total. The van der Waals surface area contributed by atoms with Crippen LogP contribution in [0.4, 0.5) is 0 Å². The van der Waals surface area contributed by atoms with Crippen LogP contribution in [-0.4, -0.2) is 42.1 Å². The second-order valence-electron chi connectivity index (χ2n) is 9.07. The summed E-state index contributed by atoms with van der Waals surface area (Å²) in [6.45, 7) is 13.2. The van der Waals surface area contributed by atoms with Crippen LogP contribution in [-0.2, 0) is 14.1 Å². The van der Waals surface area contributed by atoms with Gasteiger partial charge >= 0.3 is 14.2 Å². The first-order valence-corrected chi connectivity index (χ1v) is 9.79. The first kappa shape index (κ1) is 21.1. The summed E-state index contributed by atoms with van der Waals surface area (Å²) in [4.78, 5) is 0. The smallest absolute Gasteiger partial charge is 0.441 e. The molecule has 0 spiro atoms. The van der Waals surface area contributed by atoms with Gasteiger partial charge in [0.15, 0.2) is 0 Å². The van der Waals surface area contributed by atoms with E-state index in [2.05, 4.69) is 41.5 Å². The average Bonchev–Trinajstić information content (AvgIpc) is 2.61. The van der Waals surface area contributed by atoms with Gasteiger partial charge in [-0.15, -0.1) is 0 Å². The summed E-state index contributed by atoms with van der Waals surface area (Å²) in [7, 11) is -1.15. The van der Waals surface area contributed by atoms with Crippen molar-refractivity contribution in [2.24, 2.45) is 0 Å². The molecule has 28 heavy (non-hydrogen) atoms. The second-order valence-corrected chi connectivity index (χ2v) is 9.07. The molecule has 7 heteroatoms. The Hall–Kier alpha value is -1.63. The van der Waals surface area contributed by atoms with Crippen molar-refractivity contribution in [3.63, 3.8) is 0 Å². The van der Waals surface area contributed by atoms with Crippen molar-refractivity contribution < 1.29 is 14.1 Å². The van der Waals surface area contributed by atoms with Crippen molar-refractivity contribution in [2.45, 2.75) is 52.6 Å². The van der Waals surface area contributed by atoms with Crippen LogP contribution in [0.15, 0.2) is 60.7 Å². The Morgan fingerprint density at radius 3 is 1.32 bits per heavy atom. The van der Waals surface area contributed by atoms with E-state index in [9.17, 15) is 0 Å². The fourth-order valence-electron chi connectivity index (χ4n) is 2.82. The Morgan fingerprint density at radius 2 is 1.00 bits per heavy atom. The van der Waals surface area contributed by atoms with Crippen molar-refractivity contribution in [1.82, 2.24) is 10.1 Å². The van der Waals surface area contributed by atoms with E-state index in [0.717, 1.165) is 10.9 Å². The molecule has 148 valence electrons. The van der Waals surface area contributed by atoms with Crippen molar-refractivity contribution in [2.75, 3.05) is 6.67 Å². The Balaban J connectivity index is 1.99. The molecule has 1 aliphatic heterocycles. The second kappa shape index (κ2) is 8.39. The van der Waals surface area contributed by atoms with Crippen molar-refractivity contribution >= 4 is 25.2 Å². The van der Waals surface area contributed by atoms with E-state index in [0.29, 0.717) is 6.67 Å². The summed E-state index contributed by atoms with van der Waals surface area (Å²) in [6.07, 6.45) is 0. The topological polar surface area (TPSA) is 34.2 Å². The zero-order chi connectivity index (χ0) is 20.4. The number of nitrogens with zero attached hydrogens (tertiary/aromatic N) is 2. The molecule has 0 aromatic heterocycles. The molecule has 3 rings (SSSR count). The average molecular weight is 380 g/mol. The quantitative estimate of drug-likeness (QED) is 0.749. The molecule has 1 heterocycles. The Labute approximate surface area is 169 Å². The summed E-state index contributed by atoms with van der Waals surface area (Å²) in [5.41, 5.74) is 1.43. The highest BCUT2D eigenvalue weighted by Gasteiger charge is 2.42. The highest BCUT2D eigenvalue weighted by Crippen LogP contribution is 2.23. The summed E-state index contributed by atoms with van der Waals surface area (Å²) in [5.74, 6) is 0. The molecule has 0 amide bonds.